The molecule has 17 heavy (non-hydrogen) atoms. The number of halogens is 1. The van der Waals surface area contributed by atoms with Crippen LogP contribution in [0.15, 0.2) is 18.2 Å². The lowest BCUT2D eigenvalue weighted by Gasteiger charge is -2.15. The highest BCUT2D eigenvalue weighted by Gasteiger charge is 2.29. The van der Waals surface area contributed by atoms with Gasteiger partial charge < -0.3 is 4.74 Å². The number of ether oxygens (including phenoxy) is 1. The van der Waals surface area contributed by atoms with Crippen LogP contribution in [0, 0.1) is 6.92 Å². The second-order valence-corrected chi connectivity index (χ2v) is 6.88. The van der Waals surface area contributed by atoms with Crippen molar-refractivity contribution in [2.24, 2.45) is 0 Å². The maximum atomic E-state index is 11.3. The molecule has 1 aliphatic rings. The second-order valence-electron chi connectivity index (χ2n) is 4.39. The van der Waals surface area contributed by atoms with E-state index in [1.807, 2.05) is 25.1 Å². The summed E-state index contributed by atoms with van der Waals surface area (Å²) in [5.74, 6) is 1.41. The highest BCUT2D eigenvalue weighted by atomic mass is 35.5. The van der Waals surface area contributed by atoms with Gasteiger partial charge in [0.15, 0.2) is 9.84 Å². The minimum atomic E-state index is -2.90. The molecule has 1 aromatic rings. The smallest absolute Gasteiger partial charge is 0.154 e. The highest BCUT2D eigenvalue weighted by molar-refractivity contribution is 7.91. The van der Waals surface area contributed by atoms with Crippen molar-refractivity contribution in [1.82, 2.24) is 0 Å². The van der Waals surface area contributed by atoms with Crippen molar-refractivity contribution in [2.75, 3.05) is 11.5 Å². The maximum absolute atomic E-state index is 11.3. The van der Waals surface area contributed by atoms with E-state index in [2.05, 4.69) is 0 Å². The van der Waals surface area contributed by atoms with Crippen LogP contribution in [0.5, 0.6) is 5.75 Å². The first-order chi connectivity index (χ1) is 8.00. The third-order valence-corrected chi connectivity index (χ3v) is 4.87. The summed E-state index contributed by atoms with van der Waals surface area (Å²) in [4.78, 5) is 0. The summed E-state index contributed by atoms with van der Waals surface area (Å²) in [6.07, 6.45) is 0.336. The molecule has 1 saturated heterocycles. The molecule has 2 rings (SSSR count). The molecule has 0 bridgehead atoms. The van der Waals surface area contributed by atoms with Crippen LogP contribution < -0.4 is 4.74 Å². The van der Waals surface area contributed by atoms with Gasteiger partial charge >= 0.3 is 0 Å². The molecule has 0 aliphatic carbocycles. The Hall–Kier alpha value is -0.740. The summed E-state index contributed by atoms with van der Waals surface area (Å²) >= 11 is 5.85. The van der Waals surface area contributed by atoms with Gasteiger partial charge in [-0.1, -0.05) is 17.7 Å². The van der Waals surface area contributed by atoms with Gasteiger partial charge in [0, 0.05) is 5.56 Å². The van der Waals surface area contributed by atoms with Crippen molar-refractivity contribution in [3.05, 3.63) is 29.3 Å². The lowest BCUT2D eigenvalue weighted by atomic mass is 10.1. The average molecular weight is 275 g/mol. The van der Waals surface area contributed by atoms with Gasteiger partial charge in [0.2, 0.25) is 0 Å². The van der Waals surface area contributed by atoms with Crippen molar-refractivity contribution in [3.63, 3.8) is 0 Å². The summed E-state index contributed by atoms with van der Waals surface area (Å²) in [6, 6.07) is 5.76. The molecule has 1 atom stereocenters. The molecule has 3 nitrogen and oxygen atoms in total. The molecule has 0 spiro atoms. The molecule has 0 amide bonds. The van der Waals surface area contributed by atoms with Crippen LogP contribution in [0.2, 0.25) is 0 Å². The van der Waals surface area contributed by atoms with E-state index in [9.17, 15) is 8.42 Å². The Morgan fingerprint density at radius 1 is 1.47 bits per heavy atom. The Kier molecular flexibility index (Phi) is 3.64. The largest absolute Gasteiger partial charge is 0.489 e. The first kappa shape index (κ1) is 12.7. The Morgan fingerprint density at radius 3 is 2.82 bits per heavy atom. The lowest BCUT2D eigenvalue weighted by Crippen LogP contribution is -2.18. The first-order valence-electron chi connectivity index (χ1n) is 5.53. The Bertz CT molecular complexity index is 510. The zero-order chi connectivity index (χ0) is 12.5. The normalized spacial score (nSPS) is 22.6. The molecular formula is C12H15ClO3S. The monoisotopic (exact) mass is 274 g/mol. The summed E-state index contributed by atoms with van der Waals surface area (Å²) in [5.41, 5.74) is 2.03. The number of hydrogen-bond acceptors (Lipinski definition) is 3. The fraction of sp³-hybridized carbons (Fsp3) is 0.500. The van der Waals surface area contributed by atoms with E-state index in [-0.39, 0.29) is 17.6 Å². The highest BCUT2D eigenvalue weighted by Crippen LogP contribution is 2.25. The lowest BCUT2D eigenvalue weighted by molar-refractivity contribution is 0.227. The standard InChI is InChI=1S/C12H15ClO3S/c1-9-2-3-12(10(6-9)7-13)16-11-4-5-17(14,15)8-11/h2-3,6,11H,4-5,7-8H2,1H3. The second kappa shape index (κ2) is 4.86. The minimum absolute atomic E-state index is 0.114. The van der Waals surface area contributed by atoms with Crippen LogP contribution in [0.3, 0.4) is 0 Å². The number of aryl methyl sites for hydroxylation is 1. The molecule has 1 heterocycles. The summed E-state index contributed by atoms with van der Waals surface area (Å²) in [5, 5.41) is 0. The van der Waals surface area contributed by atoms with Crippen molar-refractivity contribution in [2.45, 2.75) is 25.3 Å². The van der Waals surface area contributed by atoms with Crippen LogP contribution in [-0.2, 0) is 15.7 Å². The van der Waals surface area contributed by atoms with Gasteiger partial charge in [-0.2, -0.15) is 0 Å². The fourth-order valence-electron chi connectivity index (χ4n) is 1.96. The average Bonchev–Trinajstić information content (AvgIpc) is 2.61. The third kappa shape index (κ3) is 3.13. The van der Waals surface area contributed by atoms with Crippen LogP contribution in [0.25, 0.3) is 0 Å². The molecular weight excluding hydrogens is 260 g/mol. The van der Waals surface area contributed by atoms with Crippen molar-refractivity contribution in [3.8, 4) is 5.75 Å². The molecule has 0 radical (unpaired) electrons. The van der Waals surface area contributed by atoms with Crippen molar-refractivity contribution in [1.29, 1.82) is 0 Å². The molecule has 1 aliphatic heterocycles. The zero-order valence-electron chi connectivity index (χ0n) is 9.65. The molecule has 1 unspecified atom stereocenters. The molecule has 5 heteroatoms. The van der Waals surface area contributed by atoms with Gasteiger partial charge in [-0.3, -0.25) is 0 Å². The number of rotatable bonds is 3. The van der Waals surface area contributed by atoms with Gasteiger partial charge in [-0.15, -0.1) is 11.6 Å². The van der Waals surface area contributed by atoms with Gasteiger partial charge in [0.1, 0.15) is 11.9 Å². The topological polar surface area (TPSA) is 43.4 Å². The summed E-state index contributed by atoms with van der Waals surface area (Å²) in [7, 11) is -2.90. The van der Waals surface area contributed by atoms with Crippen LogP contribution in [0.4, 0.5) is 0 Å². The van der Waals surface area contributed by atoms with Gasteiger partial charge in [0.25, 0.3) is 0 Å². The van der Waals surface area contributed by atoms with E-state index in [0.717, 1.165) is 11.1 Å². The van der Waals surface area contributed by atoms with E-state index in [4.69, 9.17) is 16.3 Å². The Labute approximate surface area is 107 Å². The van der Waals surface area contributed by atoms with E-state index in [1.54, 1.807) is 0 Å². The van der Waals surface area contributed by atoms with Gasteiger partial charge in [-0.05, 0) is 19.4 Å². The van der Waals surface area contributed by atoms with E-state index in [0.29, 0.717) is 18.1 Å². The number of hydrogen-bond donors (Lipinski definition) is 0. The van der Waals surface area contributed by atoms with Crippen LogP contribution in [0.1, 0.15) is 17.5 Å². The Balaban J connectivity index is 2.14. The summed E-state index contributed by atoms with van der Waals surface area (Å²) < 4.78 is 28.4. The number of benzene rings is 1. The van der Waals surface area contributed by atoms with E-state index < -0.39 is 9.84 Å². The summed E-state index contributed by atoms with van der Waals surface area (Å²) in [6.45, 7) is 1.99. The van der Waals surface area contributed by atoms with Gasteiger partial charge in [-0.25, -0.2) is 8.42 Å². The minimum Gasteiger partial charge on any atom is -0.489 e. The SMILES string of the molecule is Cc1ccc(OC2CCS(=O)(=O)C2)c(CCl)c1. The fourth-order valence-corrected chi connectivity index (χ4v) is 3.76. The molecule has 0 saturated carbocycles. The quantitative estimate of drug-likeness (QED) is 0.795. The van der Waals surface area contributed by atoms with Crippen molar-refractivity contribution < 1.29 is 13.2 Å². The number of alkyl halides is 1. The van der Waals surface area contributed by atoms with Crippen LogP contribution in [-0.4, -0.2) is 26.0 Å². The predicted octanol–water partition coefficient (Wildman–Crippen LogP) is 2.30. The first-order valence-corrected chi connectivity index (χ1v) is 7.88. The molecule has 1 aromatic carbocycles. The Morgan fingerprint density at radius 2 is 2.24 bits per heavy atom. The van der Waals surface area contributed by atoms with E-state index >= 15 is 0 Å². The maximum Gasteiger partial charge on any atom is 0.154 e. The van der Waals surface area contributed by atoms with E-state index in [1.165, 1.54) is 0 Å². The zero-order valence-corrected chi connectivity index (χ0v) is 11.2. The molecule has 0 aromatic heterocycles. The molecule has 1 fully saturated rings. The molecule has 94 valence electrons. The third-order valence-electron chi connectivity index (χ3n) is 2.84. The predicted molar refractivity (Wildman–Crippen MR) is 68.4 cm³/mol. The molecule has 0 N–H and O–H groups in total. The number of sulfone groups is 1. The van der Waals surface area contributed by atoms with Crippen molar-refractivity contribution >= 4 is 21.4 Å². The van der Waals surface area contributed by atoms with Crippen LogP contribution >= 0.6 is 11.6 Å². The van der Waals surface area contributed by atoms with Gasteiger partial charge in [0.05, 0.1) is 17.4 Å².